The van der Waals surface area contributed by atoms with Crippen LogP contribution < -0.4 is 0 Å². The Labute approximate surface area is 164 Å². The molecule has 0 saturated heterocycles. The van der Waals surface area contributed by atoms with E-state index >= 15 is 0 Å². The van der Waals surface area contributed by atoms with Crippen molar-refractivity contribution in [2.24, 2.45) is 0 Å². The second-order valence-electron chi connectivity index (χ2n) is 6.24. The zero-order chi connectivity index (χ0) is 18.3. The van der Waals surface area contributed by atoms with Crippen molar-refractivity contribution in [3.8, 4) is 22.5 Å². The molecule has 27 heavy (non-hydrogen) atoms. The molecule has 0 radical (unpaired) electrons. The Kier molecular flexibility index (Phi) is 5.61. The van der Waals surface area contributed by atoms with Gasteiger partial charge < -0.3 is 0 Å². The van der Waals surface area contributed by atoms with Crippen LogP contribution in [0.5, 0.6) is 0 Å². The van der Waals surface area contributed by atoms with Crippen molar-refractivity contribution in [3.63, 3.8) is 0 Å². The minimum absolute atomic E-state index is 0.948. The van der Waals surface area contributed by atoms with Crippen LogP contribution in [0.3, 0.4) is 0 Å². The fourth-order valence-corrected chi connectivity index (χ4v) is 4.15. The van der Waals surface area contributed by atoms with Crippen LogP contribution in [0.25, 0.3) is 22.5 Å². The largest absolute Gasteiger partial charge is 0.256 e. The number of thioether (sulfide) groups is 1. The lowest BCUT2D eigenvalue weighted by Crippen LogP contribution is -1.92. The molecule has 132 valence electrons. The molecule has 2 aromatic heterocycles. The molecule has 0 atom stereocenters. The highest BCUT2D eigenvalue weighted by atomic mass is 32.2. The number of rotatable bonds is 6. The molecule has 4 rings (SSSR count). The summed E-state index contributed by atoms with van der Waals surface area (Å²) < 4.78 is 0. The summed E-state index contributed by atoms with van der Waals surface area (Å²) in [5, 5.41) is 0. The van der Waals surface area contributed by atoms with Crippen molar-refractivity contribution in [2.45, 2.75) is 11.5 Å². The quantitative estimate of drug-likeness (QED) is 0.403. The van der Waals surface area contributed by atoms with Crippen LogP contribution in [0.2, 0.25) is 0 Å². The number of hydrogen-bond acceptors (Lipinski definition) is 3. The molecule has 0 spiro atoms. The summed E-state index contributed by atoms with van der Waals surface area (Å²) in [6, 6.07) is 29.2. The highest BCUT2D eigenvalue weighted by molar-refractivity contribution is 7.97. The third-order valence-corrected chi connectivity index (χ3v) is 5.46. The molecular weight excluding hydrogens is 348 g/mol. The SMILES string of the molecule is c1ccc(-c2ccccc2CSCc2ccccc2-c2ccccn2)nc1. The van der Waals surface area contributed by atoms with E-state index < -0.39 is 0 Å². The fourth-order valence-electron chi connectivity index (χ4n) is 3.11. The van der Waals surface area contributed by atoms with Gasteiger partial charge >= 0.3 is 0 Å². The van der Waals surface area contributed by atoms with Gasteiger partial charge in [0.1, 0.15) is 0 Å². The van der Waals surface area contributed by atoms with Gasteiger partial charge in [0.15, 0.2) is 0 Å². The maximum atomic E-state index is 4.51. The van der Waals surface area contributed by atoms with Crippen molar-refractivity contribution in [2.75, 3.05) is 0 Å². The highest BCUT2D eigenvalue weighted by Crippen LogP contribution is 2.29. The summed E-state index contributed by atoms with van der Waals surface area (Å²) in [5.74, 6) is 1.90. The third kappa shape index (κ3) is 4.26. The summed E-state index contributed by atoms with van der Waals surface area (Å²) in [5.41, 5.74) is 7.12. The van der Waals surface area contributed by atoms with Gasteiger partial charge in [-0.3, -0.25) is 9.97 Å². The van der Waals surface area contributed by atoms with Crippen LogP contribution in [0.1, 0.15) is 11.1 Å². The number of aromatic nitrogens is 2. The lowest BCUT2D eigenvalue weighted by Gasteiger charge is -2.11. The highest BCUT2D eigenvalue weighted by Gasteiger charge is 2.08. The normalized spacial score (nSPS) is 10.7. The number of hydrogen-bond donors (Lipinski definition) is 0. The monoisotopic (exact) mass is 368 g/mol. The van der Waals surface area contributed by atoms with Gasteiger partial charge in [-0.2, -0.15) is 11.8 Å². The average molecular weight is 369 g/mol. The molecule has 0 saturated carbocycles. The van der Waals surface area contributed by atoms with Crippen molar-refractivity contribution in [1.29, 1.82) is 0 Å². The predicted octanol–water partition coefficient (Wildman–Crippen LogP) is 6.24. The van der Waals surface area contributed by atoms with Crippen LogP contribution >= 0.6 is 11.8 Å². The third-order valence-electron chi connectivity index (χ3n) is 4.43. The van der Waals surface area contributed by atoms with Crippen LogP contribution in [0.4, 0.5) is 0 Å². The molecule has 0 aliphatic carbocycles. The Bertz CT molecular complexity index is 918. The van der Waals surface area contributed by atoms with Gasteiger partial charge in [0, 0.05) is 35.0 Å². The van der Waals surface area contributed by atoms with Crippen molar-refractivity contribution >= 4 is 11.8 Å². The van der Waals surface area contributed by atoms with Gasteiger partial charge in [0.25, 0.3) is 0 Å². The molecule has 3 heteroatoms. The molecule has 0 amide bonds. The second kappa shape index (κ2) is 8.65. The number of benzene rings is 2. The van der Waals surface area contributed by atoms with Crippen LogP contribution in [0.15, 0.2) is 97.3 Å². The van der Waals surface area contributed by atoms with Crippen molar-refractivity contribution in [3.05, 3.63) is 108 Å². The van der Waals surface area contributed by atoms with Gasteiger partial charge in [-0.1, -0.05) is 60.7 Å². The Morgan fingerprint density at radius 2 is 0.963 bits per heavy atom. The Morgan fingerprint density at radius 1 is 0.519 bits per heavy atom. The summed E-state index contributed by atoms with van der Waals surface area (Å²) in [6.07, 6.45) is 3.70. The van der Waals surface area contributed by atoms with Gasteiger partial charge in [-0.05, 0) is 35.4 Å². The Morgan fingerprint density at radius 3 is 1.41 bits per heavy atom. The maximum absolute atomic E-state index is 4.51. The summed E-state index contributed by atoms with van der Waals surface area (Å²) >= 11 is 1.92. The fraction of sp³-hybridized carbons (Fsp3) is 0.0833. The van der Waals surface area contributed by atoms with Crippen LogP contribution in [-0.4, -0.2) is 9.97 Å². The topological polar surface area (TPSA) is 25.8 Å². The number of pyridine rings is 2. The van der Waals surface area contributed by atoms with E-state index in [-0.39, 0.29) is 0 Å². The molecule has 0 fully saturated rings. The molecule has 2 heterocycles. The minimum atomic E-state index is 0.948. The molecule has 4 aromatic rings. The van der Waals surface area contributed by atoms with Crippen LogP contribution in [0, 0.1) is 0 Å². The Hall–Kier alpha value is -2.91. The summed E-state index contributed by atoms with van der Waals surface area (Å²) in [4.78, 5) is 9.02. The molecule has 0 aliphatic heterocycles. The first-order valence-corrected chi connectivity index (χ1v) is 10.1. The van der Waals surface area contributed by atoms with E-state index in [1.807, 2.05) is 48.4 Å². The molecule has 2 nitrogen and oxygen atoms in total. The standard InChI is InChI=1S/C24H20N2S/c1-3-11-21(23-13-5-7-15-25-23)19(9-1)17-27-18-20-10-2-4-12-22(20)24-14-6-8-16-26-24/h1-16H,17-18H2. The van der Waals surface area contributed by atoms with E-state index in [4.69, 9.17) is 0 Å². The minimum Gasteiger partial charge on any atom is -0.256 e. The maximum Gasteiger partial charge on any atom is 0.0705 e. The lowest BCUT2D eigenvalue weighted by atomic mass is 10.1. The van der Waals surface area contributed by atoms with Crippen molar-refractivity contribution < 1.29 is 0 Å². The van der Waals surface area contributed by atoms with E-state index in [1.165, 1.54) is 22.3 Å². The summed E-state index contributed by atoms with van der Waals surface area (Å²) in [7, 11) is 0. The van der Waals surface area contributed by atoms with E-state index in [1.54, 1.807) is 0 Å². The molecule has 0 N–H and O–H groups in total. The molecule has 2 aromatic carbocycles. The van der Waals surface area contributed by atoms with Gasteiger partial charge in [-0.25, -0.2) is 0 Å². The first kappa shape index (κ1) is 17.5. The predicted molar refractivity (Wildman–Crippen MR) is 114 cm³/mol. The average Bonchev–Trinajstić information content (AvgIpc) is 2.76. The van der Waals surface area contributed by atoms with E-state index in [0.29, 0.717) is 0 Å². The molecule has 0 aliphatic rings. The number of nitrogens with zero attached hydrogens (tertiary/aromatic N) is 2. The molecule has 0 unspecified atom stereocenters. The molecular formula is C24H20N2S. The summed E-state index contributed by atoms with van der Waals surface area (Å²) in [6.45, 7) is 0. The lowest BCUT2D eigenvalue weighted by molar-refractivity contribution is 1.28. The van der Waals surface area contributed by atoms with E-state index in [2.05, 4.69) is 70.6 Å². The van der Waals surface area contributed by atoms with E-state index in [0.717, 1.165) is 22.9 Å². The van der Waals surface area contributed by atoms with E-state index in [9.17, 15) is 0 Å². The van der Waals surface area contributed by atoms with Crippen molar-refractivity contribution in [1.82, 2.24) is 9.97 Å². The zero-order valence-corrected chi connectivity index (χ0v) is 15.8. The molecule has 0 bridgehead atoms. The van der Waals surface area contributed by atoms with Gasteiger partial charge in [-0.15, -0.1) is 0 Å². The second-order valence-corrected chi connectivity index (χ2v) is 7.22. The first-order chi connectivity index (χ1) is 13.4. The van der Waals surface area contributed by atoms with Crippen LogP contribution in [-0.2, 0) is 11.5 Å². The zero-order valence-electron chi connectivity index (χ0n) is 15.0. The smallest absolute Gasteiger partial charge is 0.0705 e. The van der Waals surface area contributed by atoms with Gasteiger partial charge in [0.05, 0.1) is 11.4 Å². The Balaban J connectivity index is 1.51. The van der Waals surface area contributed by atoms with Gasteiger partial charge in [0.2, 0.25) is 0 Å². The first-order valence-electron chi connectivity index (χ1n) is 8.98.